The third kappa shape index (κ3) is 63.8. The summed E-state index contributed by atoms with van der Waals surface area (Å²) in [6, 6.07) is -0.634. The fraction of sp³-hybridized carbons (Fsp3) is 0.740. The van der Waals surface area contributed by atoms with Gasteiger partial charge in [0.2, 0.25) is 5.91 Å². The Morgan fingerprint density at radius 2 is 0.571 bits per heavy atom. The van der Waals surface area contributed by atoms with Crippen LogP contribution in [-0.4, -0.2) is 34.9 Å². The predicted molar refractivity (Wildman–Crippen MR) is 345 cm³/mol. The minimum absolute atomic E-state index is 0.0691. The van der Waals surface area contributed by atoms with E-state index in [0.29, 0.717) is 6.42 Å². The van der Waals surface area contributed by atoms with Gasteiger partial charge in [-0.3, -0.25) is 4.79 Å². The van der Waals surface area contributed by atoms with Crippen molar-refractivity contribution in [3.05, 3.63) is 109 Å². The van der Waals surface area contributed by atoms with Gasteiger partial charge in [-0.1, -0.05) is 348 Å². The first kappa shape index (κ1) is 74.0. The van der Waals surface area contributed by atoms with E-state index in [1.54, 1.807) is 6.08 Å². The highest BCUT2D eigenvalue weighted by Crippen LogP contribution is 2.18. The molecule has 2 unspecified atom stereocenters. The molecule has 0 saturated heterocycles. The van der Waals surface area contributed by atoms with Gasteiger partial charge in [-0.25, -0.2) is 0 Å². The summed E-state index contributed by atoms with van der Waals surface area (Å²) in [5.74, 6) is -0.0691. The number of hydrogen-bond acceptors (Lipinski definition) is 3. The molecule has 0 bridgehead atoms. The van der Waals surface area contributed by atoms with Gasteiger partial charge in [0.15, 0.2) is 0 Å². The molecule has 0 aliphatic heterocycles. The Hall–Kier alpha value is -2.95. The average Bonchev–Trinajstić information content (AvgIpc) is 3.43. The lowest BCUT2D eigenvalue weighted by Crippen LogP contribution is -2.45. The largest absolute Gasteiger partial charge is 0.394 e. The first-order chi connectivity index (χ1) is 38.2. The molecule has 0 aliphatic rings. The summed E-state index contributed by atoms with van der Waals surface area (Å²) in [4.78, 5) is 12.5. The summed E-state index contributed by atoms with van der Waals surface area (Å²) in [6.07, 6.45) is 101. The fourth-order valence-corrected chi connectivity index (χ4v) is 9.96. The summed E-state index contributed by atoms with van der Waals surface area (Å²) in [5.41, 5.74) is 0. The van der Waals surface area contributed by atoms with E-state index >= 15 is 0 Å². The topological polar surface area (TPSA) is 69.6 Å². The standard InChI is InChI=1S/C73H129NO3/c1-3-5-7-9-11-13-15-17-19-21-23-25-27-29-31-33-35-36-37-38-39-41-43-45-47-49-51-53-55-57-59-61-63-65-67-69-73(77)74-71(70-75)72(76)68-66-64-62-60-58-56-54-52-50-48-46-44-42-40-34-32-30-28-26-24-22-20-18-16-14-12-10-8-6-4-2/h5,7,11,13,17,19,23,25,29,31,35-36,38-39,43,45,66,68,71-72,75-76H,3-4,6,8-10,12,14-16,18,20-22,24,26-28,30,32-34,37,40-42,44,46-65,67,69-70H2,1-2H3,(H,74,77)/b7-5-,13-11-,19-17-,25-23-,31-29-,36-35-,39-38-,45-43-,68-66+. The van der Waals surface area contributed by atoms with Crippen LogP contribution in [0.5, 0.6) is 0 Å². The number of hydrogen-bond donors (Lipinski definition) is 3. The first-order valence-corrected chi connectivity index (χ1v) is 33.6. The van der Waals surface area contributed by atoms with Gasteiger partial charge < -0.3 is 15.5 Å². The Morgan fingerprint density at radius 3 is 0.857 bits per heavy atom. The normalized spacial score (nSPS) is 13.5. The zero-order chi connectivity index (χ0) is 55.5. The zero-order valence-electron chi connectivity index (χ0n) is 51.2. The van der Waals surface area contributed by atoms with Crippen LogP contribution in [0.25, 0.3) is 0 Å². The molecule has 0 spiro atoms. The van der Waals surface area contributed by atoms with Crippen LogP contribution in [0.15, 0.2) is 109 Å². The van der Waals surface area contributed by atoms with E-state index in [2.05, 4.69) is 116 Å². The number of allylic oxidation sites excluding steroid dienone is 17. The maximum absolute atomic E-state index is 12.5. The van der Waals surface area contributed by atoms with E-state index in [9.17, 15) is 15.0 Å². The summed E-state index contributed by atoms with van der Waals surface area (Å²) in [6.45, 7) is 4.22. The molecule has 0 saturated carbocycles. The quantitative estimate of drug-likeness (QED) is 0.0420. The van der Waals surface area contributed by atoms with Crippen LogP contribution in [0.4, 0.5) is 0 Å². The molecular formula is C73H129NO3. The number of carbonyl (C=O) groups is 1. The summed E-state index contributed by atoms with van der Waals surface area (Å²) < 4.78 is 0. The van der Waals surface area contributed by atoms with Crippen molar-refractivity contribution in [2.75, 3.05) is 6.61 Å². The van der Waals surface area contributed by atoms with Crippen LogP contribution in [0.1, 0.15) is 328 Å². The highest BCUT2D eigenvalue weighted by molar-refractivity contribution is 5.76. The van der Waals surface area contributed by atoms with Crippen LogP contribution >= 0.6 is 0 Å². The second-order valence-electron chi connectivity index (χ2n) is 22.5. The van der Waals surface area contributed by atoms with Gasteiger partial charge in [0.05, 0.1) is 18.8 Å². The number of aliphatic hydroxyl groups excluding tert-OH is 2. The Kier molecular flexibility index (Phi) is 64.7. The van der Waals surface area contributed by atoms with Crippen LogP contribution in [0.3, 0.4) is 0 Å². The molecule has 0 rings (SSSR count). The molecule has 3 N–H and O–H groups in total. The lowest BCUT2D eigenvalue weighted by atomic mass is 10.0. The molecule has 0 aromatic rings. The number of amides is 1. The van der Waals surface area contributed by atoms with Crippen molar-refractivity contribution in [1.29, 1.82) is 0 Å². The van der Waals surface area contributed by atoms with Crippen LogP contribution < -0.4 is 5.32 Å². The molecule has 0 aromatic carbocycles. The Balaban J connectivity index is 3.53. The zero-order valence-corrected chi connectivity index (χ0v) is 51.2. The molecule has 0 fully saturated rings. The van der Waals surface area contributed by atoms with Crippen molar-refractivity contribution in [2.45, 2.75) is 341 Å². The van der Waals surface area contributed by atoms with Gasteiger partial charge in [0, 0.05) is 6.42 Å². The maximum Gasteiger partial charge on any atom is 0.220 e. The lowest BCUT2D eigenvalue weighted by Gasteiger charge is -2.20. The van der Waals surface area contributed by atoms with Gasteiger partial charge in [0.1, 0.15) is 0 Å². The molecule has 0 aromatic heterocycles. The number of aliphatic hydroxyl groups is 2. The lowest BCUT2D eigenvalue weighted by molar-refractivity contribution is -0.123. The molecule has 0 heterocycles. The summed E-state index contributed by atoms with van der Waals surface area (Å²) in [7, 11) is 0. The molecular weight excluding hydrogens is 939 g/mol. The molecule has 4 nitrogen and oxygen atoms in total. The highest BCUT2D eigenvalue weighted by Gasteiger charge is 2.18. The number of carbonyl (C=O) groups excluding carboxylic acids is 1. The van der Waals surface area contributed by atoms with Crippen molar-refractivity contribution in [3.8, 4) is 0 Å². The van der Waals surface area contributed by atoms with E-state index in [4.69, 9.17) is 0 Å². The Labute approximate surface area is 480 Å². The van der Waals surface area contributed by atoms with E-state index in [1.807, 2.05) is 6.08 Å². The molecule has 2 atom stereocenters. The minimum Gasteiger partial charge on any atom is -0.394 e. The predicted octanol–water partition coefficient (Wildman–Crippen LogP) is 23.0. The monoisotopic (exact) mass is 1070 g/mol. The van der Waals surface area contributed by atoms with Crippen molar-refractivity contribution in [2.24, 2.45) is 0 Å². The number of nitrogens with one attached hydrogen (secondary N) is 1. The fourth-order valence-electron chi connectivity index (χ4n) is 9.96. The highest BCUT2D eigenvalue weighted by atomic mass is 16.3. The average molecular weight is 1070 g/mol. The van der Waals surface area contributed by atoms with Crippen molar-refractivity contribution >= 4 is 5.91 Å². The van der Waals surface area contributed by atoms with E-state index < -0.39 is 12.1 Å². The second kappa shape index (κ2) is 67.3. The minimum atomic E-state index is -0.850. The SMILES string of the molecule is CC/C=C\C/C=C\C/C=C\C/C=C\C/C=C\C/C=C\C/C=C\C/C=C\CCCCCCCCCCCCC(=O)NC(CO)C(O)/C=C/CCCCCCCCCCCCCCCCCCCCCCCCCCCCCC. The molecule has 0 aliphatic carbocycles. The third-order valence-corrected chi connectivity index (χ3v) is 15.0. The van der Waals surface area contributed by atoms with Gasteiger partial charge >= 0.3 is 0 Å². The molecule has 4 heteroatoms. The molecule has 444 valence electrons. The van der Waals surface area contributed by atoms with Gasteiger partial charge in [-0.15, -0.1) is 0 Å². The Morgan fingerprint density at radius 1 is 0.325 bits per heavy atom. The second-order valence-corrected chi connectivity index (χ2v) is 22.5. The van der Waals surface area contributed by atoms with Gasteiger partial charge in [-0.05, 0) is 83.5 Å². The summed E-state index contributed by atoms with van der Waals surface area (Å²) in [5, 5.41) is 23.3. The number of unbranched alkanes of at least 4 members (excludes halogenated alkanes) is 38. The van der Waals surface area contributed by atoms with Crippen LogP contribution in [0, 0.1) is 0 Å². The van der Waals surface area contributed by atoms with Gasteiger partial charge in [0.25, 0.3) is 0 Å². The van der Waals surface area contributed by atoms with E-state index in [1.165, 1.54) is 231 Å². The van der Waals surface area contributed by atoms with Gasteiger partial charge in [-0.2, -0.15) is 0 Å². The van der Waals surface area contributed by atoms with Crippen molar-refractivity contribution in [1.82, 2.24) is 5.32 Å². The third-order valence-electron chi connectivity index (χ3n) is 15.0. The van der Waals surface area contributed by atoms with Crippen LogP contribution in [-0.2, 0) is 4.79 Å². The van der Waals surface area contributed by atoms with Crippen LogP contribution in [0.2, 0.25) is 0 Å². The van der Waals surface area contributed by atoms with Crippen molar-refractivity contribution < 1.29 is 15.0 Å². The summed E-state index contributed by atoms with van der Waals surface area (Å²) >= 11 is 0. The molecule has 0 radical (unpaired) electrons. The van der Waals surface area contributed by atoms with E-state index in [0.717, 1.165) is 77.0 Å². The number of rotatable bonds is 61. The Bertz CT molecular complexity index is 1440. The first-order valence-electron chi connectivity index (χ1n) is 33.6. The molecule has 77 heavy (non-hydrogen) atoms. The molecule has 1 amide bonds. The smallest absolute Gasteiger partial charge is 0.220 e. The van der Waals surface area contributed by atoms with Crippen molar-refractivity contribution in [3.63, 3.8) is 0 Å². The maximum atomic E-state index is 12.5. The van der Waals surface area contributed by atoms with E-state index in [-0.39, 0.29) is 12.5 Å².